The molecule has 1 unspecified atom stereocenters. The largest absolute Gasteiger partial charge is 0.357 e. The van der Waals surface area contributed by atoms with E-state index in [-0.39, 0.29) is 11.6 Å². The lowest BCUT2D eigenvalue weighted by Gasteiger charge is -2.16. The predicted molar refractivity (Wildman–Crippen MR) is 99.5 cm³/mol. The van der Waals surface area contributed by atoms with Crippen LogP contribution in [0.15, 0.2) is 53.6 Å². The van der Waals surface area contributed by atoms with E-state index in [1.807, 2.05) is 18.2 Å². The van der Waals surface area contributed by atoms with Gasteiger partial charge in [0.1, 0.15) is 5.52 Å². The molecule has 3 aromatic rings. The number of carbonyl (C=O) groups is 1. The number of pyridine rings is 1. The average Bonchev–Trinajstić information content (AvgIpc) is 3.02. The minimum absolute atomic E-state index is 0.0208. The number of H-pyrrole nitrogens is 1. The zero-order chi connectivity index (χ0) is 17.6. The Morgan fingerprint density at radius 1 is 1.20 bits per heavy atom. The number of aromatic amines is 1. The van der Waals surface area contributed by atoms with Gasteiger partial charge >= 0.3 is 0 Å². The molecule has 1 aliphatic carbocycles. The molecule has 0 saturated heterocycles. The summed E-state index contributed by atoms with van der Waals surface area (Å²) < 4.78 is 1.55. The van der Waals surface area contributed by atoms with Gasteiger partial charge in [-0.05, 0) is 42.5 Å². The monoisotopic (exact) mass is 337 g/mol. The number of hydrogen-bond acceptors (Lipinski definition) is 2. The van der Waals surface area contributed by atoms with Crippen molar-refractivity contribution in [3.63, 3.8) is 0 Å². The summed E-state index contributed by atoms with van der Waals surface area (Å²) in [5, 5.41) is 3.87. The normalized spacial score (nSPS) is 16.3. The number of fused-ring (bicyclic) bond motifs is 2. The smallest absolute Gasteiger partial charge is 0.274 e. The third-order valence-corrected chi connectivity index (χ3v) is 4.68. The van der Waals surface area contributed by atoms with E-state index in [0.29, 0.717) is 5.52 Å². The van der Waals surface area contributed by atoms with Crippen molar-refractivity contribution in [2.45, 2.75) is 31.7 Å². The van der Waals surface area contributed by atoms with E-state index in [1.165, 1.54) is 24.0 Å². The number of aryl methyl sites for hydroxylation is 2. The van der Waals surface area contributed by atoms with Gasteiger partial charge in [-0.3, -0.25) is 9.59 Å². The fourth-order valence-corrected chi connectivity index (χ4v) is 3.32. The van der Waals surface area contributed by atoms with Crippen LogP contribution in [-0.2, 0) is 18.3 Å². The van der Waals surface area contributed by atoms with Gasteiger partial charge in [-0.25, -0.2) is 0 Å². The van der Waals surface area contributed by atoms with E-state index in [2.05, 4.69) is 28.5 Å². The van der Waals surface area contributed by atoms with Crippen molar-refractivity contribution in [3.05, 3.63) is 70.3 Å². The fraction of sp³-hybridized carbons (Fsp3) is 0.300. The lowest BCUT2D eigenvalue weighted by Crippen LogP contribution is -2.19. The maximum absolute atomic E-state index is 11.3. The second-order valence-electron chi connectivity index (χ2n) is 6.32. The lowest BCUT2D eigenvalue weighted by atomic mass is 9.99. The number of carbonyl (C=O) groups excluding carboxylic acids is 1. The van der Waals surface area contributed by atoms with Crippen LogP contribution in [0.5, 0.6) is 0 Å². The number of amides is 1. The van der Waals surface area contributed by atoms with Gasteiger partial charge in [-0.2, -0.15) is 0 Å². The van der Waals surface area contributed by atoms with Crippen LogP contribution in [0.1, 0.15) is 36.4 Å². The molecule has 1 aliphatic rings. The summed E-state index contributed by atoms with van der Waals surface area (Å²) in [4.78, 5) is 24.7. The van der Waals surface area contributed by atoms with Crippen LogP contribution in [0.4, 0.5) is 0 Å². The van der Waals surface area contributed by atoms with E-state index in [9.17, 15) is 9.59 Å². The number of rotatable bonds is 2. The highest BCUT2D eigenvalue weighted by atomic mass is 16.1. The molecule has 25 heavy (non-hydrogen) atoms. The van der Waals surface area contributed by atoms with Gasteiger partial charge in [-0.15, -0.1) is 0 Å². The molecule has 0 radical (unpaired) electrons. The number of benzene rings is 1. The summed E-state index contributed by atoms with van der Waals surface area (Å²) in [6.45, 7) is 0. The van der Waals surface area contributed by atoms with Crippen molar-refractivity contribution in [3.8, 4) is 0 Å². The van der Waals surface area contributed by atoms with E-state index in [4.69, 9.17) is 0 Å². The van der Waals surface area contributed by atoms with E-state index in [1.54, 1.807) is 24.0 Å². The fourth-order valence-electron chi connectivity index (χ4n) is 3.32. The zero-order valence-electron chi connectivity index (χ0n) is 14.4. The highest BCUT2D eigenvalue weighted by molar-refractivity contribution is 5.77. The Kier molecular flexibility index (Phi) is 5.33. The van der Waals surface area contributed by atoms with Gasteiger partial charge in [0.2, 0.25) is 6.41 Å². The first-order valence-electron chi connectivity index (χ1n) is 8.61. The Hall–Kier alpha value is -2.82. The molecule has 0 saturated carbocycles. The number of hydrogen-bond donors (Lipinski definition) is 2. The summed E-state index contributed by atoms with van der Waals surface area (Å²) in [6.07, 6.45) is 8.98. The summed E-state index contributed by atoms with van der Waals surface area (Å²) >= 11 is 0. The lowest BCUT2D eigenvalue weighted by molar-refractivity contribution is -0.110. The Labute approximate surface area is 146 Å². The van der Waals surface area contributed by atoms with Crippen molar-refractivity contribution in [2.75, 3.05) is 0 Å². The van der Waals surface area contributed by atoms with Crippen molar-refractivity contribution in [1.82, 2.24) is 14.9 Å². The quantitative estimate of drug-likeness (QED) is 0.557. The number of nitrogens with one attached hydrogen (secondary N) is 2. The maximum Gasteiger partial charge on any atom is 0.274 e. The van der Waals surface area contributed by atoms with E-state index < -0.39 is 0 Å². The summed E-state index contributed by atoms with van der Waals surface area (Å²) in [5.41, 5.74) is 3.39. The molecule has 5 heteroatoms. The van der Waals surface area contributed by atoms with Crippen molar-refractivity contribution in [1.29, 1.82) is 0 Å². The van der Waals surface area contributed by atoms with Gasteiger partial charge < -0.3 is 14.9 Å². The Morgan fingerprint density at radius 3 is 2.88 bits per heavy atom. The molecule has 0 aliphatic heterocycles. The molecular formula is C20H23N3O2. The van der Waals surface area contributed by atoms with E-state index >= 15 is 0 Å². The summed E-state index contributed by atoms with van der Waals surface area (Å²) in [6, 6.07) is 12.4. The van der Waals surface area contributed by atoms with Crippen molar-refractivity contribution in [2.24, 2.45) is 7.05 Å². The highest BCUT2D eigenvalue weighted by Crippen LogP contribution is 2.27. The van der Waals surface area contributed by atoms with Gasteiger partial charge in [0.05, 0.1) is 6.04 Å². The van der Waals surface area contributed by atoms with Crippen LogP contribution in [0, 0.1) is 0 Å². The van der Waals surface area contributed by atoms with Gasteiger partial charge in [0.25, 0.3) is 5.56 Å². The molecule has 1 atom stereocenters. The molecule has 2 N–H and O–H groups in total. The zero-order valence-corrected chi connectivity index (χ0v) is 14.4. The SMILES string of the molecule is Cn1ccc2cc[nH]c2c1=O.O=CNC1CCCCc2ccccc21. The van der Waals surface area contributed by atoms with Crippen LogP contribution in [0.3, 0.4) is 0 Å². The first kappa shape index (κ1) is 17.0. The third-order valence-electron chi connectivity index (χ3n) is 4.68. The average molecular weight is 337 g/mol. The van der Waals surface area contributed by atoms with Crippen molar-refractivity contribution < 1.29 is 4.79 Å². The first-order chi connectivity index (χ1) is 12.2. The number of aromatic nitrogens is 2. The van der Waals surface area contributed by atoms with Crippen molar-refractivity contribution >= 4 is 17.3 Å². The Bertz CT molecular complexity index is 910. The Balaban J connectivity index is 0.000000150. The second kappa shape index (κ2) is 7.83. The standard InChI is InChI=1S/C12H15NO.C8H8N2O/c14-9-13-12-8-4-2-6-10-5-1-3-7-11(10)12;1-10-5-3-6-2-4-9-7(6)8(10)11/h1,3,5,7,9,12H,2,4,6,8H2,(H,13,14);2-5,9H,1H3. The molecular weight excluding hydrogens is 314 g/mol. The van der Waals surface area contributed by atoms with Gasteiger partial charge in [0, 0.05) is 24.8 Å². The molecule has 0 bridgehead atoms. The molecule has 2 aromatic heterocycles. The van der Waals surface area contributed by atoms with Gasteiger partial charge in [0.15, 0.2) is 0 Å². The number of nitrogens with zero attached hydrogens (tertiary/aromatic N) is 1. The molecule has 2 heterocycles. The molecule has 5 nitrogen and oxygen atoms in total. The topological polar surface area (TPSA) is 66.9 Å². The molecule has 130 valence electrons. The molecule has 1 aromatic carbocycles. The maximum atomic E-state index is 11.3. The summed E-state index contributed by atoms with van der Waals surface area (Å²) in [5.74, 6) is 0. The minimum atomic E-state index is 0.0208. The van der Waals surface area contributed by atoms with Crippen LogP contribution in [0.2, 0.25) is 0 Å². The van der Waals surface area contributed by atoms with Crippen LogP contribution in [-0.4, -0.2) is 16.0 Å². The molecule has 0 spiro atoms. The Morgan fingerprint density at radius 2 is 2.04 bits per heavy atom. The molecule has 4 rings (SSSR count). The van der Waals surface area contributed by atoms with Crippen LogP contribution < -0.4 is 10.9 Å². The van der Waals surface area contributed by atoms with Gasteiger partial charge in [-0.1, -0.05) is 30.7 Å². The summed E-state index contributed by atoms with van der Waals surface area (Å²) in [7, 11) is 1.74. The molecule has 1 amide bonds. The first-order valence-corrected chi connectivity index (χ1v) is 8.61. The van der Waals surface area contributed by atoms with Crippen LogP contribution in [0.25, 0.3) is 10.9 Å². The van der Waals surface area contributed by atoms with E-state index in [0.717, 1.165) is 24.6 Å². The minimum Gasteiger partial charge on any atom is -0.357 e. The predicted octanol–water partition coefficient (Wildman–Crippen LogP) is 3.07. The second-order valence-corrected chi connectivity index (χ2v) is 6.32. The third kappa shape index (κ3) is 3.82. The van der Waals surface area contributed by atoms with Crippen LogP contribution >= 0.6 is 0 Å². The highest BCUT2D eigenvalue weighted by Gasteiger charge is 2.16. The molecule has 0 fully saturated rings.